The van der Waals surface area contributed by atoms with Crippen LogP contribution < -0.4 is 5.32 Å². The molecule has 0 bridgehead atoms. The summed E-state index contributed by atoms with van der Waals surface area (Å²) in [4.78, 5) is 14.7. The van der Waals surface area contributed by atoms with Crippen LogP contribution in [-0.2, 0) is 4.79 Å². The molecule has 1 saturated heterocycles. The van der Waals surface area contributed by atoms with Crippen molar-refractivity contribution in [2.75, 3.05) is 18.4 Å². The fraction of sp³-hybridized carbons (Fsp3) is 0.444. The lowest BCUT2D eigenvalue weighted by Gasteiger charge is -2.34. The maximum absolute atomic E-state index is 12.5. The fourth-order valence-electron chi connectivity index (χ4n) is 3.33. The third-order valence-corrected chi connectivity index (χ3v) is 4.52. The number of nitrogens with one attached hydrogen (secondary N) is 2. The van der Waals surface area contributed by atoms with Crippen LogP contribution in [0.15, 0.2) is 30.6 Å². The largest absolute Gasteiger partial charge is 0.325 e. The molecule has 0 radical (unpaired) electrons. The van der Waals surface area contributed by atoms with E-state index in [2.05, 4.69) is 33.4 Å². The first kappa shape index (κ1) is 15.7. The highest BCUT2D eigenvalue weighted by Crippen LogP contribution is 2.30. The van der Waals surface area contributed by atoms with Crippen LogP contribution in [0, 0.1) is 13.8 Å². The molecule has 1 amide bonds. The average molecular weight is 312 g/mol. The smallest absolute Gasteiger partial charge is 0.238 e. The number of aromatic nitrogens is 2. The highest BCUT2D eigenvalue weighted by Gasteiger charge is 2.26. The van der Waals surface area contributed by atoms with Crippen LogP contribution in [0.3, 0.4) is 0 Å². The summed E-state index contributed by atoms with van der Waals surface area (Å²) in [6.45, 7) is 5.46. The number of anilines is 1. The van der Waals surface area contributed by atoms with Crippen LogP contribution in [-0.4, -0.2) is 34.1 Å². The molecular weight excluding hydrogens is 288 g/mol. The van der Waals surface area contributed by atoms with Gasteiger partial charge in [0, 0.05) is 23.5 Å². The van der Waals surface area contributed by atoms with E-state index < -0.39 is 0 Å². The normalized spacial score (nSPS) is 18.8. The molecule has 5 nitrogen and oxygen atoms in total. The van der Waals surface area contributed by atoms with Crippen molar-refractivity contribution in [3.8, 4) is 0 Å². The van der Waals surface area contributed by atoms with Gasteiger partial charge < -0.3 is 5.32 Å². The summed E-state index contributed by atoms with van der Waals surface area (Å²) in [6.07, 6.45) is 7.22. The minimum atomic E-state index is 0.0485. The van der Waals surface area contributed by atoms with Crippen molar-refractivity contribution in [1.82, 2.24) is 15.1 Å². The molecule has 0 aliphatic carbocycles. The van der Waals surface area contributed by atoms with Crippen molar-refractivity contribution >= 4 is 11.6 Å². The number of likely N-dealkylation sites (tertiary alicyclic amines) is 1. The lowest BCUT2D eigenvalue weighted by Crippen LogP contribution is -2.39. The Morgan fingerprint density at radius 1 is 1.39 bits per heavy atom. The first-order chi connectivity index (χ1) is 11.1. The molecule has 1 fully saturated rings. The van der Waals surface area contributed by atoms with Crippen LogP contribution in [0.4, 0.5) is 5.69 Å². The maximum atomic E-state index is 12.5. The summed E-state index contributed by atoms with van der Waals surface area (Å²) in [5, 5.41) is 9.97. The van der Waals surface area contributed by atoms with E-state index in [0.717, 1.165) is 30.6 Å². The first-order valence-electron chi connectivity index (χ1n) is 8.23. The SMILES string of the molecule is Cc1ccc(NC(=O)CN2CCCCC2c2cn[nH]c2)c(C)c1. The van der Waals surface area contributed by atoms with E-state index in [9.17, 15) is 4.79 Å². The van der Waals surface area contributed by atoms with E-state index in [4.69, 9.17) is 0 Å². The van der Waals surface area contributed by atoms with Gasteiger partial charge in [-0.3, -0.25) is 14.8 Å². The highest BCUT2D eigenvalue weighted by atomic mass is 16.2. The van der Waals surface area contributed by atoms with Gasteiger partial charge in [0.05, 0.1) is 12.7 Å². The average Bonchev–Trinajstić information content (AvgIpc) is 3.05. The Morgan fingerprint density at radius 2 is 2.26 bits per heavy atom. The monoisotopic (exact) mass is 312 g/mol. The molecule has 0 saturated carbocycles. The number of nitrogens with zero attached hydrogens (tertiary/aromatic N) is 2. The number of piperidine rings is 1. The van der Waals surface area contributed by atoms with Gasteiger partial charge in [0.15, 0.2) is 0 Å². The topological polar surface area (TPSA) is 61.0 Å². The van der Waals surface area contributed by atoms with Gasteiger partial charge in [-0.2, -0.15) is 5.10 Å². The number of H-pyrrole nitrogens is 1. The molecule has 1 aromatic carbocycles. The predicted octanol–water partition coefficient (Wildman–Crippen LogP) is 3.19. The van der Waals surface area contributed by atoms with Crippen molar-refractivity contribution in [1.29, 1.82) is 0 Å². The van der Waals surface area contributed by atoms with Crippen molar-refractivity contribution in [2.24, 2.45) is 0 Å². The molecule has 1 unspecified atom stereocenters. The number of aryl methyl sites for hydroxylation is 2. The van der Waals surface area contributed by atoms with Gasteiger partial charge in [0.1, 0.15) is 0 Å². The zero-order valence-corrected chi connectivity index (χ0v) is 13.8. The van der Waals surface area contributed by atoms with Gasteiger partial charge in [-0.05, 0) is 44.9 Å². The number of benzene rings is 1. The van der Waals surface area contributed by atoms with E-state index in [1.54, 1.807) is 0 Å². The molecule has 2 aromatic rings. The second-order valence-corrected chi connectivity index (χ2v) is 6.38. The summed E-state index contributed by atoms with van der Waals surface area (Å²) >= 11 is 0. The van der Waals surface area contributed by atoms with Gasteiger partial charge in [-0.1, -0.05) is 24.1 Å². The van der Waals surface area contributed by atoms with E-state index in [1.807, 2.05) is 31.5 Å². The number of amides is 1. The maximum Gasteiger partial charge on any atom is 0.238 e. The Bertz CT molecular complexity index is 666. The zero-order chi connectivity index (χ0) is 16.2. The van der Waals surface area contributed by atoms with Gasteiger partial charge in [0.25, 0.3) is 0 Å². The second-order valence-electron chi connectivity index (χ2n) is 6.38. The summed E-state index contributed by atoms with van der Waals surface area (Å²) in [7, 11) is 0. The van der Waals surface area contributed by atoms with E-state index >= 15 is 0 Å². The molecule has 1 aromatic heterocycles. The van der Waals surface area contributed by atoms with Crippen molar-refractivity contribution in [3.05, 3.63) is 47.3 Å². The number of aromatic amines is 1. The van der Waals surface area contributed by atoms with Gasteiger partial charge in [0.2, 0.25) is 5.91 Å². The Balaban J connectivity index is 1.66. The molecule has 3 rings (SSSR count). The lowest BCUT2D eigenvalue weighted by atomic mass is 9.97. The first-order valence-corrected chi connectivity index (χ1v) is 8.23. The van der Waals surface area contributed by atoms with Crippen LogP contribution in [0.1, 0.15) is 42.0 Å². The van der Waals surface area contributed by atoms with Crippen LogP contribution >= 0.6 is 0 Å². The number of carbonyl (C=O) groups is 1. The van der Waals surface area contributed by atoms with E-state index in [0.29, 0.717) is 6.54 Å². The van der Waals surface area contributed by atoms with Crippen molar-refractivity contribution < 1.29 is 4.79 Å². The van der Waals surface area contributed by atoms with E-state index in [1.165, 1.54) is 17.5 Å². The standard InChI is InChI=1S/C18H24N4O/c1-13-6-7-16(14(2)9-13)21-18(23)12-22-8-4-3-5-17(22)15-10-19-20-11-15/h6-7,9-11,17H,3-5,8,12H2,1-2H3,(H,19,20)(H,21,23). The van der Waals surface area contributed by atoms with Gasteiger partial charge in [-0.25, -0.2) is 0 Å². The molecule has 23 heavy (non-hydrogen) atoms. The van der Waals surface area contributed by atoms with Crippen molar-refractivity contribution in [3.63, 3.8) is 0 Å². The third-order valence-electron chi connectivity index (χ3n) is 4.52. The van der Waals surface area contributed by atoms with Crippen molar-refractivity contribution in [2.45, 2.75) is 39.2 Å². The summed E-state index contributed by atoms with van der Waals surface area (Å²) in [5.74, 6) is 0.0485. The van der Waals surface area contributed by atoms with E-state index in [-0.39, 0.29) is 11.9 Å². The van der Waals surface area contributed by atoms with Crippen LogP contribution in [0.5, 0.6) is 0 Å². The molecule has 5 heteroatoms. The minimum absolute atomic E-state index is 0.0485. The molecule has 1 aliphatic heterocycles. The highest BCUT2D eigenvalue weighted by molar-refractivity contribution is 5.93. The second kappa shape index (κ2) is 6.96. The Morgan fingerprint density at radius 3 is 3.00 bits per heavy atom. The lowest BCUT2D eigenvalue weighted by molar-refractivity contribution is -0.118. The van der Waals surface area contributed by atoms with Gasteiger partial charge in [-0.15, -0.1) is 0 Å². The molecule has 2 heterocycles. The van der Waals surface area contributed by atoms with Crippen LogP contribution in [0.2, 0.25) is 0 Å². The fourth-order valence-corrected chi connectivity index (χ4v) is 3.33. The zero-order valence-electron chi connectivity index (χ0n) is 13.8. The molecule has 2 N–H and O–H groups in total. The predicted molar refractivity (Wildman–Crippen MR) is 91.3 cm³/mol. The Kier molecular flexibility index (Phi) is 4.76. The molecule has 0 spiro atoms. The number of hydrogen-bond acceptors (Lipinski definition) is 3. The Labute approximate surface area is 137 Å². The summed E-state index contributed by atoms with van der Waals surface area (Å²) < 4.78 is 0. The summed E-state index contributed by atoms with van der Waals surface area (Å²) in [5.41, 5.74) is 4.38. The molecular formula is C18H24N4O. The molecule has 1 atom stereocenters. The minimum Gasteiger partial charge on any atom is -0.325 e. The third kappa shape index (κ3) is 3.79. The molecule has 122 valence electrons. The molecule has 1 aliphatic rings. The number of rotatable bonds is 4. The Hall–Kier alpha value is -2.14. The van der Waals surface area contributed by atoms with Crippen LogP contribution in [0.25, 0.3) is 0 Å². The number of hydrogen-bond donors (Lipinski definition) is 2. The summed E-state index contributed by atoms with van der Waals surface area (Å²) in [6, 6.07) is 6.38. The quantitative estimate of drug-likeness (QED) is 0.911. The van der Waals surface area contributed by atoms with Gasteiger partial charge >= 0.3 is 0 Å². The number of carbonyl (C=O) groups excluding carboxylic acids is 1.